The third-order valence-corrected chi connectivity index (χ3v) is 17.2. The number of phenolic OH excluding ortho intramolecular Hbond substituents is 14. The van der Waals surface area contributed by atoms with Crippen LogP contribution in [0.4, 0.5) is 0 Å². The Hall–Kier alpha value is -11.3. The van der Waals surface area contributed by atoms with Crippen LogP contribution < -0.4 is 4.74 Å². The molecule has 8 heterocycles. The fourth-order valence-corrected chi connectivity index (χ4v) is 13.6. The Morgan fingerprint density at radius 1 is 0.477 bits per heavy atom. The molecule has 86 heavy (non-hydrogen) atoms. The molecule has 31 heteroatoms. The number of fused-ring (bicyclic) bond motifs is 10. The molecule has 11 bridgehead atoms. The average Bonchev–Trinajstić information content (AvgIpc) is 1.48. The highest BCUT2D eigenvalue weighted by Crippen LogP contribution is 2.70. The van der Waals surface area contributed by atoms with Gasteiger partial charge in [-0.3, -0.25) is 9.59 Å². The SMILES string of the molecule is O=C1OC2C3C4=C1C(c1c(O)c(O)c(O)c5c1C(=O)OC2C1OC(=O)c2cc(O)c(O)c(O)c2-c2c(cc(O)c(O)c2O)C(=O)OCC1OC(=O)c1cc-5c(O)c(O)c1O)C1(OC(=O)C2(O)C(=O)C=C(C5Oc6c(c(O)cc(O)c63)CC5O)C21)C4=O. The highest BCUT2D eigenvalue weighted by Gasteiger charge is 2.82. The number of esters is 6. The first-order chi connectivity index (χ1) is 40.6. The van der Waals surface area contributed by atoms with Crippen molar-refractivity contribution >= 4 is 47.4 Å². The van der Waals surface area contributed by atoms with Gasteiger partial charge in [0.1, 0.15) is 35.5 Å². The van der Waals surface area contributed by atoms with Crippen LogP contribution in [-0.2, 0) is 54.0 Å². The van der Waals surface area contributed by atoms with Crippen LogP contribution in [0.25, 0.3) is 22.3 Å². The Bertz CT molecular complexity index is 4320. The molecule has 0 saturated carbocycles. The largest absolute Gasteiger partial charge is 0.507 e. The Kier molecular flexibility index (Phi) is 10.2. The van der Waals surface area contributed by atoms with E-state index in [1.54, 1.807) is 0 Å². The number of benzene rings is 5. The lowest BCUT2D eigenvalue weighted by Gasteiger charge is -2.43. The summed E-state index contributed by atoms with van der Waals surface area (Å²) in [7, 11) is 0. The molecule has 2 aliphatic carbocycles. The molecule has 15 rings (SSSR count). The third-order valence-electron chi connectivity index (χ3n) is 17.2. The summed E-state index contributed by atoms with van der Waals surface area (Å²) in [6, 6.07) is 1.65. The number of hydrogen-bond acceptors (Lipinski definition) is 31. The van der Waals surface area contributed by atoms with E-state index in [0.717, 1.165) is 0 Å². The minimum Gasteiger partial charge on any atom is -0.507 e. The summed E-state index contributed by atoms with van der Waals surface area (Å²) in [4.78, 5) is 122. The number of aliphatic hydroxyl groups is 2. The minimum absolute atomic E-state index is 0.303. The standard InChI is InChI=1S/C55H34O31/c56-14-6-15(57)24-25-26-29-30(55(47(26)72)46-13(5-20(61)54(46,79)53(78)86-55)41-18(60)2-8(14)42(24)82-41)28-27-21(37(68)40(71)38(28)69)9-1-12(32(63)39(70)31(9)62)50(75)81-19-7-80-48(73)10-3-16(58)33(64)35(66)22(10)23-11(4-17(59)34(65)36(23)67)49(74)83-43(19)45(85-51(27)76)44(25)84-52(29)77/h1,3-6,18-19,25,30,41,43-46,56-60,62-71,79H,2,7H2. The Morgan fingerprint density at radius 3 is 1.72 bits per heavy atom. The topological polar surface area (TPSA) is 525 Å². The number of hydrogen-bond donors (Lipinski definition) is 16. The number of phenols is 14. The van der Waals surface area contributed by atoms with Gasteiger partial charge in [0.2, 0.25) is 34.4 Å². The molecule has 10 aliphatic rings. The molecule has 11 atom stereocenters. The van der Waals surface area contributed by atoms with Crippen molar-refractivity contribution in [2.75, 3.05) is 6.61 Å². The van der Waals surface area contributed by atoms with Crippen LogP contribution in [0.5, 0.6) is 86.2 Å². The number of cyclic esters (lactones) is 1. The first kappa shape index (κ1) is 52.7. The van der Waals surface area contributed by atoms with Crippen molar-refractivity contribution in [1.82, 2.24) is 0 Å². The molecule has 440 valence electrons. The van der Waals surface area contributed by atoms with Crippen molar-refractivity contribution in [2.24, 2.45) is 5.92 Å². The zero-order valence-corrected chi connectivity index (χ0v) is 42.3. The highest BCUT2D eigenvalue weighted by molar-refractivity contribution is 6.25. The van der Waals surface area contributed by atoms with E-state index in [4.69, 9.17) is 33.2 Å². The number of rotatable bonds is 0. The van der Waals surface area contributed by atoms with E-state index in [1.807, 2.05) is 0 Å². The lowest BCUT2D eigenvalue weighted by atomic mass is 9.65. The van der Waals surface area contributed by atoms with Crippen LogP contribution in [0.15, 0.2) is 47.1 Å². The number of aromatic hydroxyl groups is 14. The summed E-state index contributed by atoms with van der Waals surface area (Å²) in [5.41, 5.74) is -23.1. The van der Waals surface area contributed by atoms with Crippen LogP contribution in [0, 0.1) is 5.92 Å². The first-order valence-electron chi connectivity index (χ1n) is 25.2. The van der Waals surface area contributed by atoms with Crippen LogP contribution >= 0.6 is 0 Å². The van der Waals surface area contributed by atoms with Gasteiger partial charge in [-0.15, -0.1) is 0 Å². The molecule has 1 saturated heterocycles. The number of carbonyl (C=O) groups is 8. The van der Waals surface area contributed by atoms with Crippen molar-refractivity contribution in [2.45, 2.75) is 66.1 Å². The van der Waals surface area contributed by atoms with E-state index < -0.39 is 290 Å². The summed E-state index contributed by atoms with van der Waals surface area (Å²) < 4.78 is 42.0. The normalized spacial score (nSPS) is 28.8. The van der Waals surface area contributed by atoms with Crippen molar-refractivity contribution in [3.63, 3.8) is 0 Å². The molecule has 1 spiro atoms. The second kappa shape index (κ2) is 16.7. The Balaban J connectivity index is 1.16. The summed E-state index contributed by atoms with van der Waals surface area (Å²) in [6.07, 6.45) is -15.8. The molecule has 31 nitrogen and oxygen atoms in total. The number of Topliss-reactive ketones (excluding diaryl/α,β-unsaturated/α-hetero) is 1. The van der Waals surface area contributed by atoms with E-state index >= 15 is 19.2 Å². The van der Waals surface area contributed by atoms with Crippen molar-refractivity contribution in [1.29, 1.82) is 0 Å². The van der Waals surface area contributed by atoms with E-state index in [1.165, 1.54) is 0 Å². The predicted molar refractivity (Wildman–Crippen MR) is 263 cm³/mol. The molecular weight excluding hydrogens is 1160 g/mol. The maximum absolute atomic E-state index is 16.6. The molecule has 11 unspecified atom stereocenters. The third kappa shape index (κ3) is 6.13. The summed E-state index contributed by atoms with van der Waals surface area (Å²) in [5, 5.41) is 185. The fraction of sp³-hybridized carbons (Fsp3) is 0.236. The van der Waals surface area contributed by atoms with Gasteiger partial charge in [-0.2, -0.15) is 0 Å². The van der Waals surface area contributed by atoms with Crippen LogP contribution in [0.3, 0.4) is 0 Å². The van der Waals surface area contributed by atoms with E-state index in [2.05, 4.69) is 0 Å². The van der Waals surface area contributed by atoms with E-state index in [9.17, 15) is 101 Å². The van der Waals surface area contributed by atoms with Gasteiger partial charge in [0.15, 0.2) is 81.8 Å². The van der Waals surface area contributed by atoms with Crippen molar-refractivity contribution in [3.05, 3.63) is 86.0 Å². The van der Waals surface area contributed by atoms with E-state index in [0.29, 0.717) is 30.3 Å². The zero-order chi connectivity index (χ0) is 61.5. The summed E-state index contributed by atoms with van der Waals surface area (Å²) in [6.45, 7) is -1.63. The molecule has 0 amide bonds. The first-order valence-corrected chi connectivity index (χ1v) is 25.2. The number of ether oxygens (including phenoxy) is 7. The van der Waals surface area contributed by atoms with Gasteiger partial charge in [0, 0.05) is 57.0 Å². The average molecular weight is 1190 g/mol. The lowest BCUT2D eigenvalue weighted by Crippen LogP contribution is -2.57. The number of carbonyl (C=O) groups excluding carboxylic acids is 8. The molecule has 0 aromatic heterocycles. The Morgan fingerprint density at radius 2 is 1.06 bits per heavy atom. The van der Waals surface area contributed by atoms with Gasteiger partial charge in [0.05, 0.1) is 46.1 Å². The van der Waals surface area contributed by atoms with Crippen LogP contribution in [-0.4, -0.2) is 184 Å². The van der Waals surface area contributed by atoms with Crippen molar-refractivity contribution in [3.8, 4) is 108 Å². The molecule has 0 radical (unpaired) electrons. The molecule has 8 aliphatic heterocycles. The predicted octanol–water partition coefficient (Wildman–Crippen LogP) is -0.125. The van der Waals surface area contributed by atoms with Crippen LogP contribution in [0.2, 0.25) is 0 Å². The fourth-order valence-electron chi connectivity index (χ4n) is 13.6. The second-order valence-corrected chi connectivity index (χ2v) is 21.3. The Labute approximate surface area is 472 Å². The molecule has 5 aromatic rings. The van der Waals surface area contributed by atoms with Gasteiger partial charge in [-0.25, -0.2) is 28.8 Å². The van der Waals surface area contributed by atoms with Gasteiger partial charge in [-0.05, 0) is 29.8 Å². The number of aliphatic hydroxyl groups excluding tert-OH is 1. The quantitative estimate of drug-likeness (QED) is 0.0416. The maximum Gasteiger partial charge on any atom is 0.348 e. The lowest BCUT2D eigenvalue weighted by molar-refractivity contribution is -0.169. The maximum atomic E-state index is 16.6. The zero-order valence-electron chi connectivity index (χ0n) is 42.3. The summed E-state index contributed by atoms with van der Waals surface area (Å²) in [5.74, 6) is -44.7. The van der Waals surface area contributed by atoms with Gasteiger partial charge >= 0.3 is 35.8 Å². The molecular formula is C55H34O31. The van der Waals surface area contributed by atoms with Gasteiger partial charge in [-0.1, -0.05) is 0 Å². The molecule has 16 N–H and O–H groups in total. The highest BCUT2D eigenvalue weighted by atomic mass is 16.6. The van der Waals surface area contributed by atoms with Crippen molar-refractivity contribution < 1.29 is 153 Å². The summed E-state index contributed by atoms with van der Waals surface area (Å²) >= 11 is 0. The van der Waals surface area contributed by atoms with Crippen LogP contribution in [0.1, 0.15) is 70.0 Å². The van der Waals surface area contributed by atoms with Gasteiger partial charge < -0.3 is 115 Å². The number of ketones is 2. The minimum atomic E-state index is -3.60. The van der Waals surface area contributed by atoms with E-state index in [-0.39, 0.29) is 0 Å². The molecule has 1 fully saturated rings. The molecule has 5 aromatic carbocycles. The van der Waals surface area contributed by atoms with Gasteiger partial charge in [0.25, 0.3) is 0 Å². The monoisotopic (exact) mass is 1190 g/mol. The second-order valence-electron chi connectivity index (χ2n) is 21.3. The smallest absolute Gasteiger partial charge is 0.348 e.